The predicted molar refractivity (Wildman–Crippen MR) is 66.8 cm³/mol. The zero-order valence-electron chi connectivity index (χ0n) is 8.93. The average Bonchev–Trinajstić information content (AvgIpc) is 2.73. The molecule has 0 saturated heterocycles. The van der Waals surface area contributed by atoms with Crippen LogP contribution in [0.5, 0.6) is 5.88 Å². The Morgan fingerprint density at radius 1 is 1.44 bits per heavy atom. The molecule has 5 heteroatoms. The summed E-state index contributed by atoms with van der Waals surface area (Å²) in [5.74, 6) is 0.612. The number of methoxy groups -OCH3 is 1. The summed E-state index contributed by atoms with van der Waals surface area (Å²) in [6.45, 7) is 0.720. The first kappa shape index (κ1) is 10.8. The number of nitrogens with zero attached hydrogens (tertiary/aromatic N) is 1. The van der Waals surface area contributed by atoms with Crippen molar-refractivity contribution in [2.75, 3.05) is 18.2 Å². The highest BCUT2D eigenvalue weighted by Crippen LogP contribution is 2.20. The van der Waals surface area contributed by atoms with Gasteiger partial charge in [0, 0.05) is 16.6 Å². The van der Waals surface area contributed by atoms with Gasteiger partial charge in [-0.25, -0.2) is 4.98 Å². The van der Waals surface area contributed by atoms with Crippen LogP contribution in [-0.2, 0) is 6.54 Å². The van der Waals surface area contributed by atoms with Crippen LogP contribution in [0.15, 0.2) is 29.8 Å². The van der Waals surface area contributed by atoms with Gasteiger partial charge in [0.05, 0.1) is 25.5 Å². The Bertz CT molecular complexity index is 453. The van der Waals surface area contributed by atoms with Crippen LogP contribution in [-0.4, -0.2) is 12.1 Å². The Labute approximate surface area is 98.1 Å². The molecular formula is C11H13N3OS. The normalized spacial score (nSPS) is 10.1. The first-order valence-electron chi connectivity index (χ1n) is 4.85. The van der Waals surface area contributed by atoms with E-state index in [0.29, 0.717) is 5.88 Å². The highest BCUT2D eigenvalue weighted by atomic mass is 32.1. The van der Waals surface area contributed by atoms with Gasteiger partial charge < -0.3 is 15.8 Å². The van der Waals surface area contributed by atoms with Crippen molar-refractivity contribution in [2.24, 2.45) is 0 Å². The van der Waals surface area contributed by atoms with E-state index in [1.165, 1.54) is 0 Å². The number of nitrogens with one attached hydrogen (secondary N) is 1. The summed E-state index contributed by atoms with van der Waals surface area (Å²) >= 11 is 1.64. The summed E-state index contributed by atoms with van der Waals surface area (Å²) in [5.41, 5.74) is 7.57. The smallest absolute Gasteiger partial charge is 0.213 e. The molecule has 0 aliphatic carbocycles. The SMILES string of the molecule is COc1ccc(NCc2sccc2N)cn1. The number of anilines is 2. The van der Waals surface area contributed by atoms with Crippen molar-refractivity contribution >= 4 is 22.7 Å². The molecule has 0 aliphatic rings. The minimum absolute atomic E-state index is 0.612. The first-order valence-corrected chi connectivity index (χ1v) is 5.73. The van der Waals surface area contributed by atoms with Gasteiger partial charge in [0.25, 0.3) is 0 Å². The minimum Gasteiger partial charge on any atom is -0.481 e. The molecule has 3 N–H and O–H groups in total. The van der Waals surface area contributed by atoms with Gasteiger partial charge in [-0.2, -0.15) is 0 Å². The van der Waals surface area contributed by atoms with Gasteiger partial charge in [-0.15, -0.1) is 11.3 Å². The maximum absolute atomic E-state index is 5.79. The van der Waals surface area contributed by atoms with Crippen LogP contribution >= 0.6 is 11.3 Å². The number of pyridine rings is 1. The fourth-order valence-corrected chi connectivity index (χ4v) is 2.02. The summed E-state index contributed by atoms with van der Waals surface area (Å²) < 4.78 is 4.98. The molecule has 0 aromatic carbocycles. The number of hydrogen-bond acceptors (Lipinski definition) is 5. The van der Waals surface area contributed by atoms with Crippen molar-refractivity contribution in [1.82, 2.24) is 4.98 Å². The predicted octanol–water partition coefficient (Wildman–Crippen LogP) is 2.35. The van der Waals surface area contributed by atoms with Crippen molar-refractivity contribution in [3.05, 3.63) is 34.7 Å². The number of thiophene rings is 1. The maximum Gasteiger partial charge on any atom is 0.213 e. The molecular weight excluding hydrogens is 222 g/mol. The largest absolute Gasteiger partial charge is 0.481 e. The van der Waals surface area contributed by atoms with Crippen molar-refractivity contribution in [1.29, 1.82) is 0 Å². The lowest BCUT2D eigenvalue weighted by Gasteiger charge is -2.05. The molecule has 0 unspecified atom stereocenters. The van der Waals surface area contributed by atoms with Crippen LogP contribution in [0.3, 0.4) is 0 Å². The van der Waals surface area contributed by atoms with Gasteiger partial charge in [0.15, 0.2) is 0 Å². The van der Waals surface area contributed by atoms with Gasteiger partial charge in [-0.3, -0.25) is 0 Å². The lowest BCUT2D eigenvalue weighted by Crippen LogP contribution is -2.00. The molecule has 16 heavy (non-hydrogen) atoms. The topological polar surface area (TPSA) is 60.2 Å². The molecule has 0 atom stereocenters. The zero-order chi connectivity index (χ0) is 11.4. The van der Waals surface area contributed by atoms with Gasteiger partial charge in [0.1, 0.15) is 0 Å². The van der Waals surface area contributed by atoms with Crippen LogP contribution in [0.25, 0.3) is 0 Å². The van der Waals surface area contributed by atoms with Gasteiger partial charge >= 0.3 is 0 Å². The van der Waals surface area contributed by atoms with Crippen LogP contribution in [0, 0.1) is 0 Å². The third-order valence-corrected chi connectivity index (χ3v) is 3.12. The van der Waals surface area contributed by atoms with E-state index < -0.39 is 0 Å². The van der Waals surface area contributed by atoms with Crippen LogP contribution in [0.4, 0.5) is 11.4 Å². The standard InChI is InChI=1S/C11H13N3OS/c1-15-11-3-2-8(6-14-11)13-7-10-9(12)4-5-16-10/h2-6,13H,7,12H2,1H3. The summed E-state index contributed by atoms with van der Waals surface area (Å²) in [5, 5.41) is 5.24. The van der Waals surface area contributed by atoms with E-state index in [-0.39, 0.29) is 0 Å². The number of aromatic nitrogens is 1. The molecule has 2 rings (SSSR count). The molecule has 0 aliphatic heterocycles. The fourth-order valence-electron chi connectivity index (χ4n) is 1.28. The first-order chi connectivity index (χ1) is 7.79. The van der Waals surface area contributed by atoms with E-state index in [2.05, 4.69) is 10.3 Å². The van der Waals surface area contributed by atoms with E-state index in [1.807, 2.05) is 23.6 Å². The number of nitrogens with two attached hydrogens (primary N) is 1. The van der Waals surface area contributed by atoms with Gasteiger partial charge in [-0.1, -0.05) is 0 Å². The molecule has 84 valence electrons. The average molecular weight is 235 g/mol. The quantitative estimate of drug-likeness (QED) is 0.854. The Hall–Kier alpha value is -1.75. The monoisotopic (exact) mass is 235 g/mol. The second kappa shape index (κ2) is 4.85. The number of rotatable bonds is 4. The summed E-state index contributed by atoms with van der Waals surface area (Å²) in [6, 6.07) is 5.66. The molecule has 4 nitrogen and oxygen atoms in total. The molecule has 2 heterocycles. The second-order valence-corrected chi connectivity index (χ2v) is 4.24. The van der Waals surface area contributed by atoms with E-state index in [9.17, 15) is 0 Å². The highest BCUT2D eigenvalue weighted by molar-refractivity contribution is 7.10. The summed E-state index contributed by atoms with van der Waals surface area (Å²) in [4.78, 5) is 5.24. The molecule has 2 aromatic heterocycles. The molecule has 2 aromatic rings. The van der Waals surface area contributed by atoms with Crippen molar-refractivity contribution in [3.8, 4) is 5.88 Å². The van der Waals surface area contributed by atoms with Crippen LogP contribution in [0.1, 0.15) is 4.88 Å². The molecule has 0 amide bonds. The molecule has 0 bridgehead atoms. The number of ether oxygens (including phenoxy) is 1. The Kier molecular flexibility index (Phi) is 3.26. The maximum atomic E-state index is 5.79. The van der Waals surface area contributed by atoms with Crippen LogP contribution in [0.2, 0.25) is 0 Å². The van der Waals surface area contributed by atoms with Crippen molar-refractivity contribution < 1.29 is 4.74 Å². The van der Waals surface area contributed by atoms with Gasteiger partial charge in [0.2, 0.25) is 5.88 Å². The molecule has 0 radical (unpaired) electrons. The van der Waals surface area contributed by atoms with Crippen molar-refractivity contribution in [2.45, 2.75) is 6.54 Å². The van der Waals surface area contributed by atoms with E-state index in [1.54, 1.807) is 24.6 Å². The van der Waals surface area contributed by atoms with Crippen molar-refractivity contribution in [3.63, 3.8) is 0 Å². The zero-order valence-corrected chi connectivity index (χ0v) is 9.75. The molecule has 0 fully saturated rings. The Morgan fingerprint density at radius 3 is 2.88 bits per heavy atom. The van der Waals surface area contributed by atoms with E-state index >= 15 is 0 Å². The lowest BCUT2D eigenvalue weighted by atomic mass is 10.3. The third-order valence-electron chi connectivity index (χ3n) is 2.18. The van der Waals surface area contributed by atoms with E-state index in [4.69, 9.17) is 10.5 Å². The third kappa shape index (κ3) is 2.43. The molecule has 0 spiro atoms. The number of hydrogen-bond donors (Lipinski definition) is 2. The lowest BCUT2D eigenvalue weighted by molar-refractivity contribution is 0.398. The fraction of sp³-hybridized carbons (Fsp3) is 0.182. The summed E-state index contributed by atoms with van der Waals surface area (Å²) in [7, 11) is 1.60. The van der Waals surface area contributed by atoms with Gasteiger partial charge in [-0.05, 0) is 17.5 Å². The van der Waals surface area contributed by atoms with E-state index in [0.717, 1.165) is 22.8 Å². The second-order valence-electron chi connectivity index (χ2n) is 3.24. The summed E-state index contributed by atoms with van der Waals surface area (Å²) in [6.07, 6.45) is 1.74. The minimum atomic E-state index is 0.612. The Balaban J connectivity index is 1.97. The van der Waals surface area contributed by atoms with Crippen LogP contribution < -0.4 is 15.8 Å². The Morgan fingerprint density at radius 2 is 2.31 bits per heavy atom. The molecule has 0 saturated carbocycles. The highest BCUT2D eigenvalue weighted by Gasteiger charge is 2.00. The number of nitrogen functional groups attached to an aromatic ring is 1.